The van der Waals surface area contributed by atoms with Crippen LogP contribution in [0.15, 0.2) is 5.16 Å². The second-order valence-corrected chi connectivity index (χ2v) is 5.27. The van der Waals surface area contributed by atoms with Gasteiger partial charge >= 0.3 is 0 Å². The van der Waals surface area contributed by atoms with Crippen molar-refractivity contribution >= 4 is 23.7 Å². The van der Waals surface area contributed by atoms with E-state index in [4.69, 9.17) is 9.47 Å². The summed E-state index contributed by atoms with van der Waals surface area (Å²) < 4.78 is 10.4. The Morgan fingerprint density at radius 3 is 2.80 bits per heavy atom. The molecule has 112 valence electrons. The van der Waals surface area contributed by atoms with Gasteiger partial charge < -0.3 is 19.7 Å². The Morgan fingerprint density at radius 1 is 1.30 bits per heavy atom. The highest BCUT2D eigenvalue weighted by Crippen LogP contribution is 2.19. The average molecular weight is 299 g/mol. The average Bonchev–Trinajstić information content (AvgIpc) is 2.49. The van der Waals surface area contributed by atoms with Crippen LogP contribution in [0.1, 0.15) is 6.92 Å². The fourth-order valence-electron chi connectivity index (χ4n) is 1.77. The van der Waals surface area contributed by atoms with Crippen molar-refractivity contribution in [3.63, 3.8) is 0 Å². The molecule has 0 radical (unpaired) electrons. The number of ether oxygens (including phenoxy) is 2. The van der Waals surface area contributed by atoms with Gasteiger partial charge in [-0.2, -0.15) is 15.0 Å². The van der Waals surface area contributed by atoms with Gasteiger partial charge in [-0.1, -0.05) is 11.8 Å². The Morgan fingerprint density at radius 2 is 2.10 bits per heavy atom. The minimum absolute atomic E-state index is 0.629. The normalized spacial score (nSPS) is 15.4. The second kappa shape index (κ2) is 8.23. The maximum atomic E-state index is 5.36. The molecule has 1 aromatic rings. The van der Waals surface area contributed by atoms with E-state index in [1.807, 2.05) is 6.92 Å². The van der Waals surface area contributed by atoms with Crippen LogP contribution < -0.4 is 10.2 Å². The van der Waals surface area contributed by atoms with E-state index in [9.17, 15) is 0 Å². The summed E-state index contributed by atoms with van der Waals surface area (Å²) in [5, 5.41) is 3.88. The molecule has 0 bridgehead atoms. The van der Waals surface area contributed by atoms with Crippen molar-refractivity contribution in [3.8, 4) is 0 Å². The van der Waals surface area contributed by atoms with E-state index in [2.05, 4.69) is 25.2 Å². The molecule has 1 aliphatic heterocycles. The molecule has 7 nitrogen and oxygen atoms in total. The van der Waals surface area contributed by atoms with E-state index in [1.54, 1.807) is 18.9 Å². The molecule has 1 aromatic heterocycles. The number of nitrogens with one attached hydrogen (secondary N) is 1. The first-order chi connectivity index (χ1) is 9.83. The van der Waals surface area contributed by atoms with Crippen LogP contribution in [0.2, 0.25) is 0 Å². The van der Waals surface area contributed by atoms with Crippen molar-refractivity contribution in [3.05, 3.63) is 0 Å². The molecule has 0 unspecified atom stereocenters. The smallest absolute Gasteiger partial charge is 0.231 e. The lowest BCUT2D eigenvalue weighted by atomic mass is 10.4. The highest BCUT2D eigenvalue weighted by Gasteiger charge is 2.16. The van der Waals surface area contributed by atoms with E-state index >= 15 is 0 Å². The Bertz CT molecular complexity index is 415. The monoisotopic (exact) mass is 299 g/mol. The van der Waals surface area contributed by atoms with Crippen molar-refractivity contribution in [1.82, 2.24) is 15.0 Å². The van der Waals surface area contributed by atoms with Gasteiger partial charge in [-0.05, 0) is 6.92 Å². The summed E-state index contributed by atoms with van der Waals surface area (Å²) in [6, 6.07) is 0. The van der Waals surface area contributed by atoms with Crippen LogP contribution in [-0.4, -0.2) is 67.3 Å². The Hall–Kier alpha value is -1.12. The van der Waals surface area contributed by atoms with E-state index < -0.39 is 0 Å². The zero-order valence-electron chi connectivity index (χ0n) is 12.0. The van der Waals surface area contributed by atoms with Gasteiger partial charge in [0.25, 0.3) is 0 Å². The van der Waals surface area contributed by atoms with Gasteiger partial charge in [0.05, 0.1) is 19.8 Å². The molecule has 1 aliphatic rings. The summed E-state index contributed by atoms with van der Waals surface area (Å²) in [5.41, 5.74) is 0. The van der Waals surface area contributed by atoms with Gasteiger partial charge in [-0.3, -0.25) is 0 Å². The van der Waals surface area contributed by atoms with Crippen LogP contribution in [-0.2, 0) is 9.47 Å². The van der Waals surface area contributed by atoms with E-state index in [0.29, 0.717) is 25.8 Å². The number of hydrogen-bond acceptors (Lipinski definition) is 8. The Kier molecular flexibility index (Phi) is 6.28. The largest absolute Gasteiger partial charge is 0.384 e. The summed E-state index contributed by atoms with van der Waals surface area (Å²) in [5.74, 6) is 2.18. The SMILES string of the molecule is CCNc1nc(SCCOC)nc(N2CCOCC2)n1. The maximum Gasteiger partial charge on any atom is 0.231 e. The molecule has 20 heavy (non-hydrogen) atoms. The van der Waals surface area contributed by atoms with E-state index in [0.717, 1.165) is 36.5 Å². The first kappa shape index (κ1) is 15.3. The topological polar surface area (TPSA) is 72.4 Å². The highest BCUT2D eigenvalue weighted by atomic mass is 32.2. The molecule has 0 aliphatic carbocycles. The van der Waals surface area contributed by atoms with Crippen LogP contribution in [0.25, 0.3) is 0 Å². The fourth-order valence-corrected chi connectivity index (χ4v) is 2.50. The lowest BCUT2D eigenvalue weighted by Crippen LogP contribution is -2.37. The van der Waals surface area contributed by atoms with Gasteiger partial charge in [0.2, 0.25) is 11.9 Å². The summed E-state index contributed by atoms with van der Waals surface area (Å²) in [4.78, 5) is 15.5. The van der Waals surface area contributed by atoms with Crippen molar-refractivity contribution < 1.29 is 9.47 Å². The standard InChI is InChI=1S/C12H21N5O2S/c1-3-13-10-14-11(17-4-6-19-7-5-17)16-12(15-10)20-9-8-18-2/h3-9H2,1-2H3,(H,13,14,15,16). The number of anilines is 2. The van der Waals surface area contributed by atoms with Crippen LogP contribution >= 0.6 is 11.8 Å². The van der Waals surface area contributed by atoms with Crippen LogP contribution in [0, 0.1) is 0 Å². The minimum Gasteiger partial charge on any atom is -0.384 e. The predicted molar refractivity (Wildman–Crippen MR) is 79.6 cm³/mol. The zero-order chi connectivity index (χ0) is 14.2. The molecule has 0 atom stereocenters. The third-order valence-corrected chi connectivity index (χ3v) is 3.56. The van der Waals surface area contributed by atoms with Crippen LogP contribution in [0.3, 0.4) is 0 Å². The van der Waals surface area contributed by atoms with Gasteiger partial charge in [-0.15, -0.1) is 0 Å². The molecule has 0 aromatic carbocycles. The van der Waals surface area contributed by atoms with E-state index in [-0.39, 0.29) is 0 Å². The third-order valence-electron chi connectivity index (χ3n) is 2.75. The molecule has 0 saturated carbocycles. The van der Waals surface area contributed by atoms with Crippen molar-refractivity contribution in [2.75, 3.05) is 62.5 Å². The van der Waals surface area contributed by atoms with E-state index in [1.165, 1.54) is 0 Å². The summed E-state index contributed by atoms with van der Waals surface area (Å²) in [6.07, 6.45) is 0. The Labute approximate surface area is 123 Å². The number of methoxy groups -OCH3 is 1. The fraction of sp³-hybridized carbons (Fsp3) is 0.750. The first-order valence-electron chi connectivity index (χ1n) is 6.78. The molecule has 0 spiro atoms. The van der Waals surface area contributed by atoms with Crippen LogP contribution in [0.5, 0.6) is 0 Å². The molecule has 2 heterocycles. The first-order valence-corrected chi connectivity index (χ1v) is 7.76. The van der Waals surface area contributed by atoms with Gasteiger partial charge in [0, 0.05) is 32.5 Å². The van der Waals surface area contributed by atoms with Crippen molar-refractivity contribution in [2.24, 2.45) is 0 Å². The number of nitrogens with zero attached hydrogens (tertiary/aromatic N) is 4. The van der Waals surface area contributed by atoms with Crippen molar-refractivity contribution in [2.45, 2.75) is 12.1 Å². The van der Waals surface area contributed by atoms with Crippen molar-refractivity contribution in [1.29, 1.82) is 0 Å². The minimum atomic E-state index is 0.629. The number of hydrogen-bond donors (Lipinski definition) is 1. The van der Waals surface area contributed by atoms with Gasteiger partial charge in [0.15, 0.2) is 5.16 Å². The summed E-state index contributed by atoms with van der Waals surface area (Å²) in [7, 11) is 1.69. The molecule has 2 rings (SSSR count). The molecular weight excluding hydrogens is 278 g/mol. The second-order valence-electron chi connectivity index (χ2n) is 4.21. The Balaban J connectivity index is 2.11. The lowest BCUT2D eigenvalue weighted by Gasteiger charge is -2.27. The van der Waals surface area contributed by atoms with Gasteiger partial charge in [0.1, 0.15) is 0 Å². The molecule has 8 heteroatoms. The number of morpholine rings is 1. The summed E-state index contributed by atoms with van der Waals surface area (Å²) >= 11 is 1.58. The lowest BCUT2D eigenvalue weighted by molar-refractivity contribution is 0.122. The number of thioether (sulfide) groups is 1. The predicted octanol–water partition coefficient (Wildman–Crippen LogP) is 0.878. The zero-order valence-corrected chi connectivity index (χ0v) is 12.8. The quantitative estimate of drug-likeness (QED) is 0.587. The number of rotatable bonds is 7. The van der Waals surface area contributed by atoms with Crippen LogP contribution in [0.4, 0.5) is 11.9 Å². The molecule has 1 fully saturated rings. The molecule has 0 amide bonds. The maximum absolute atomic E-state index is 5.36. The molecule has 1 saturated heterocycles. The molecule has 1 N–H and O–H groups in total. The summed E-state index contributed by atoms with van der Waals surface area (Å²) in [6.45, 7) is 6.56. The number of aromatic nitrogens is 3. The highest BCUT2D eigenvalue weighted by molar-refractivity contribution is 7.99. The molecular formula is C12H21N5O2S. The van der Waals surface area contributed by atoms with Gasteiger partial charge in [-0.25, -0.2) is 0 Å². The third kappa shape index (κ3) is 4.46.